The molecule has 5 atom stereocenters. The van der Waals surface area contributed by atoms with Gasteiger partial charge in [0.2, 0.25) is 5.91 Å². The zero-order valence-corrected chi connectivity index (χ0v) is 20.1. The highest BCUT2D eigenvalue weighted by atomic mass is 32.2. The molecule has 3 heterocycles. The van der Waals surface area contributed by atoms with Crippen LogP contribution in [0.25, 0.3) is 0 Å². The van der Waals surface area contributed by atoms with Gasteiger partial charge < -0.3 is 10.1 Å². The van der Waals surface area contributed by atoms with Crippen molar-refractivity contribution in [1.82, 2.24) is 4.57 Å². The number of benzene rings is 1. The predicted molar refractivity (Wildman–Crippen MR) is 130 cm³/mol. The molecule has 1 aromatic carbocycles. The summed E-state index contributed by atoms with van der Waals surface area (Å²) in [6.07, 6.45) is 3.95. The number of thioether (sulfide) groups is 1. The number of nitrogens with one attached hydrogen (secondary N) is 1. The van der Waals surface area contributed by atoms with Crippen LogP contribution in [0.2, 0.25) is 0 Å². The number of ether oxygens (including phenoxy) is 1. The van der Waals surface area contributed by atoms with Crippen LogP contribution in [0.1, 0.15) is 34.9 Å². The highest BCUT2D eigenvalue weighted by Gasteiger charge is 2.55. The van der Waals surface area contributed by atoms with Gasteiger partial charge in [0, 0.05) is 26.6 Å². The zero-order chi connectivity index (χ0) is 21.8. The second-order valence-electron chi connectivity index (χ2n) is 8.89. The molecule has 0 unspecified atom stereocenters. The van der Waals surface area contributed by atoms with Gasteiger partial charge >= 0.3 is 4.87 Å². The number of methoxy groups -OCH3 is 1. The molecule has 5 nitrogen and oxygen atoms in total. The summed E-state index contributed by atoms with van der Waals surface area (Å²) in [4.78, 5) is 28.4. The highest BCUT2D eigenvalue weighted by Crippen LogP contribution is 2.64. The van der Waals surface area contributed by atoms with Gasteiger partial charge in [-0.2, -0.15) is 0 Å². The van der Waals surface area contributed by atoms with Gasteiger partial charge in [0.15, 0.2) is 0 Å². The van der Waals surface area contributed by atoms with Gasteiger partial charge in [0.1, 0.15) is 12.3 Å². The number of hydrogen-bond acceptors (Lipinski definition) is 6. The molecule has 1 aliphatic heterocycles. The quantitative estimate of drug-likeness (QED) is 0.536. The number of rotatable bonds is 5. The molecule has 2 fully saturated rings. The highest BCUT2D eigenvalue weighted by molar-refractivity contribution is 8.00. The number of aromatic nitrogens is 1. The summed E-state index contributed by atoms with van der Waals surface area (Å²) in [6, 6.07) is 11.6. The van der Waals surface area contributed by atoms with Crippen molar-refractivity contribution in [2.24, 2.45) is 17.8 Å². The number of carbonyl (C=O) groups excluding carboxylic acids is 1. The van der Waals surface area contributed by atoms with Crippen molar-refractivity contribution in [1.29, 1.82) is 0 Å². The maximum absolute atomic E-state index is 13.1. The van der Waals surface area contributed by atoms with Crippen molar-refractivity contribution in [2.45, 2.75) is 42.0 Å². The average Bonchev–Trinajstić information content (AvgIpc) is 3.59. The lowest BCUT2D eigenvalue weighted by Gasteiger charge is -2.40. The van der Waals surface area contributed by atoms with Gasteiger partial charge in [-0.1, -0.05) is 17.4 Å². The standard InChI is InChI=1S/C24H24N2O3S3/c1-29-16-8-6-15(7-9-16)25-18(27)12-26-23-22(32-24(26)28)20(17-3-2-10-30-17)19-13-4-5-14(11-13)21(19)31-23/h2-3,6-10,13-14,19-21H,4-5,11-12H2,1H3,(H,25,27)/t13-,14-,19+,20-,21+/m0/s1. The first-order valence-electron chi connectivity index (χ1n) is 11.0. The summed E-state index contributed by atoms with van der Waals surface area (Å²) < 4.78 is 6.89. The molecular formula is C24H24N2O3S3. The number of thiophene rings is 1. The fraction of sp³-hybridized carbons (Fsp3) is 0.417. The summed E-state index contributed by atoms with van der Waals surface area (Å²) in [5.74, 6) is 2.98. The van der Waals surface area contributed by atoms with Crippen molar-refractivity contribution >= 4 is 46.0 Å². The summed E-state index contributed by atoms with van der Waals surface area (Å²) in [7, 11) is 1.61. The molecule has 0 radical (unpaired) electrons. The maximum atomic E-state index is 13.1. The Labute approximate surface area is 198 Å². The number of hydrogen-bond donors (Lipinski definition) is 1. The minimum Gasteiger partial charge on any atom is -0.497 e. The summed E-state index contributed by atoms with van der Waals surface area (Å²) in [6.45, 7) is 0.0480. The Bertz CT molecular complexity index is 1200. The molecule has 32 heavy (non-hydrogen) atoms. The van der Waals surface area contributed by atoms with Gasteiger partial charge in [0.05, 0.1) is 12.1 Å². The van der Waals surface area contributed by atoms with Crippen molar-refractivity contribution in [3.8, 4) is 5.75 Å². The normalized spacial score (nSPS) is 27.7. The molecule has 2 aromatic heterocycles. The van der Waals surface area contributed by atoms with E-state index < -0.39 is 0 Å². The Morgan fingerprint density at radius 1 is 1.19 bits per heavy atom. The van der Waals surface area contributed by atoms with Gasteiger partial charge in [-0.25, -0.2) is 0 Å². The van der Waals surface area contributed by atoms with E-state index in [1.807, 2.05) is 36.0 Å². The Morgan fingerprint density at radius 2 is 2.00 bits per heavy atom. The van der Waals surface area contributed by atoms with Crippen LogP contribution < -0.4 is 14.9 Å². The molecule has 166 valence electrons. The van der Waals surface area contributed by atoms with Crippen molar-refractivity contribution in [3.05, 3.63) is 61.2 Å². The Balaban J connectivity index is 1.32. The van der Waals surface area contributed by atoms with Crippen molar-refractivity contribution < 1.29 is 9.53 Å². The smallest absolute Gasteiger partial charge is 0.308 e. The molecule has 2 bridgehead atoms. The third-order valence-electron chi connectivity index (χ3n) is 7.22. The number of thiazole rings is 1. The molecule has 1 amide bonds. The maximum Gasteiger partial charge on any atom is 0.308 e. The number of amides is 1. The van der Waals surface area contributed by atoms with E-state index in [-0.39, 0.29) is 17.3 Å². The molecule has 6 rings (SSSR count). The minimum atomic E-state index is -0.179. The van der Waals surface area contributed by atoms with Crippen LogP contribution in [-0.4, -0.2) is 22.8 Å². The van der Waals surface area contributed by atoms with Gasteiger partial charge in [-0.05, 0) is 72.7 Å². The first-order chi connectivity index (χ1) is 15.6. The largest absolute Gasteiger partial charge is 0.497 e. The molecule has 2 aliphatic carbocycles. The summed E-state index contributed by atoms with van der Waals surface area (Å²) >= 11 is 5.02. The number of fused-ring (bicyclic) bond motifs is 6. The van der Waals surface area contributed by atoms with Crippen LogP contribution in [0, 0.1) is 17.8 Å². The zero-order valence-electron chi connectivity index (χ0n) is 17.7. The topological polar surface area (TPSA) is 60.3 Å². The van der Waals surface area contributed by atoms with E-state index in [9.17, 15) is 9.59 Å². The van der Waals surface area contributed by atoms with E-state index in [2.05, 4.69) is 22.8 Å². The molecule has 3 aromatic rings. The van der Waals surface area contributed by atoms with E-state index in [1.54, 1.807) is 23.0 Å². The van der Waals surface area contributed by atoms with Crippen LogP contribution in [0.4, 0.5) is 5.69 Å². The third-order valence-corrected chi connectivity index (χ3v) is 11.0. The van der Waals surface area contributed by atoms with E-state index in [0.29, 0.717) is 22.8 Å². The molecular weight excluding hydrogens is 460 g/mol. The minimum absolute atomic E-state index is 0.0266. The van der Waals surface area contributed by atoms with Crippen LogP contribution in [0.15, 0.2) is 51.6 Å². The lowest BCUT2D eigenvalue weighted by Crippen LogP contribution is -2.34. The Kier molecular flexibility index (Phi) is 5.19. The number of carbonyl (C=O) groups is 1. The molecule has 2 saturated carbocycles. The van der Waals surface area contributed by atoms with Crippen LogP contribution in [-0.2, 0) is 11.3 Å². The van der Waals surface area contributed by atoms with Crippen molar-refractivity contribution in [2.75, 3.05) is 12.4 Å². The SMILES string of the molecule is COc1ccc(NC(=O)Cn2c3c(sc2=O)[C@@H](c2cccs2)[C@H]2[C@H]4CC[C@@H](C4)[C@H]2S3)cc1. The van der Waals surface area contributed by atoms with E-state index in [4.69, 9.17) is 4.74 Å². The van der Waals surface area contributed by atoms with E-state index in [1.165, 1.54) is 40.4 Å². The summed E-state index contributed by atoms with van der Waals surface area (Å²) in [5, 5.41) is 6.64. The molecule has 3 aliphatic rings. The Morgan fingerprint density at radius 3 is 2.75 bits per heavy atom. The van der Waals surface area contributed by atoms with Crippen LogP contribution in [0.3, 0.4) is 0 Å². The second kappa shape index (κ2) is 8.08. The lowest BCUT2D eigenvalue weighted by molar-refractivity contribution is -0.116. The first-order valence-corrected chi connectivity index (χ1v) is 13.6. The first kappa shape index (κ1) is 20.6. The molecule has 0 saturated heterocycles. The van der Waals surface area contributed by atoms with E-state index in [0.717, 1.165) is 22.6 Å². The second-order valence-corrected chi connectivity index (χ2v) is 12.0. The average molecular weight is 485 g/mol. The fourth-order valence-corrected chi connectivity index (χ4v) is 10.0. The number of nitrogens with zero attached hydrogens (tertiary/aromatic N) is 1. The van der Waals surface area contributed by atoms with Gasteiger partial charge in [-0.15, -0.1) is 23.1 Å². The third kappa shape index (κ3) is 3.35. The van der Waals surface area contributed by atoms with Crippen LogP contribution in [0.5, 0.6) is 5.75 Å². The van der Waals surface area contributed by atoms with Crippen molar-refractivity contribution in [3.63, 3.8) is 0 Å². The fourth-order valence-electron chi connectivity index (χ4n) is 5.89. The van der Waals surface area contributed by atoms with E-state index >= 15 is 0 Å². The molecule has 8 heteroatoms. The van der Waals surface area contributed by atoms with Gasteiger partial charge in [0.25, 0.3) is 0 Å². The molecule has 0 spiro atoms. The van der Waals surface area contributed by atoms with Crippen LogP contribution >= 0.6 is 34.4 Å². The van der Waals surface area contributed by atoms with Gasteiger partial charge in [-0.3, -0.25) is 14.2 Å². The summed E-state index contributed by atoms with van der Waals surface area (Å²) in [5.41, 5.74) is 0.699. The molecule has 1 N–H and O–H groups in total. The lowest BCUT2D eigenvalue weighted by atomic mass is 9.77. The predicted octanol–water partition coefficient (Wildman–Crippen LogP) is 5.27. The monoisotopic (exact) mass is 484 g/mol. The number of anilines is 1. The Hall–Kier alpha value is -2.03.